The number of carbonyl (C=O) groups excluding carboxylic acids is 1. The minimum absolute atomic E-state index is 0.0000153. The second kappa shape index (κ2) is 8.14. The second-order valence-electron chi connectivity index (χ2n) is 5.90. The number of rotatable bonds is 7. The standard InChI is InChI=1S/C16H20F3NO4/c1-9(2)7-13(21)14(22)20-12(15(23)24)8-10-5-3-4-6-11(10)16(17,18)19/h3-6,9,12-13,21H,7-8H2,1-2H3,(H,20,22)(H,23,24)/t12-,13-/m1/s1. The molecule has 0 aromatic heterocycles. The molecule has 8 heteroatoms. The molecule has 0 saturated carbocycles. The van der Waals surface area contributed by atoms with Gasteiger partial charge in [0.2, 0.25) is 5.91 Å². The zero-order valence-electron chi connectivity index (χ0n) is 13.3. The van der Waals surface area contributed by atoms with E-state index in [0.717, 1.165) is 12.1 Å². The number of amides is 1. The van der Waals surface area contributed by atoms with E-state index in [-0.39, 0.29) is 17.9 Å². The minimum Gasteiger partial charge on any atom is -0.480 e. The van der Waals surface area contributed by atoms with Crippen molar-refractivity contribution in [3.8, 4) is 0 Å². The maximum absolute atomic E-state index is 13.0. The molecule has 0 fully saturated rings. The molecular weight excluding hydrogens is 327 g/mol. The highest BCUT2D eigenvalue weighted by Crippen LogP contribution is 2.32. The lowest BCUT2D eigenvalue weighted by Crippen LogP contribution is -2.47. The van der Waals surface area contributed by atoms with Gasteiger partial charge in [-0.05, 0) is 24.0 Å². The molecule has 5 nitrogen and oxygen atoms in total. The first-order chi connectivity index (χ1) is 11.0. The fourth-order valence-corrected chi connectivity index (χ4v) is 2.22. The van der Waals surface area contributed by atoms with Gasteiger partial charge in [0, 0.05) is 6.42 Å². The average Bonchev–Trinajstić information content (AvgIpc) is 2.45. The first-order valence-electron chi connectivity index (χ1n) is 7.38. The maximum atomic E-state index is 13.0. The molecule has 0 spiro atoms. The molecular formula is C16H20F3NO4. The molecule has 0 aliphatic heterocycles. The van der Waals surface area contributed by atoms with Crippen LogP contribution in [0.3, 0.4) is 0 Å². The van der Waals surface area contributed by atoms with Crippen LogP contribution >= 0.6 is 0 Å². The number of halogens is 3. The van der Waals surface area contributed by atoms with E-state index in [9.17, 15) is 27.9 Å². The van der Waals surface area contributed by atoms with Crippen molar-refractivity contribution in [1.82, 2.24) is 5.32 Å². The predicted molar refractivity (Wildman–Crippen MR) is 80.2 cm³/mol. The first-order valence-corrected chi connectivity index (χ1v) is 7.38. The van der Waals surface area contributed by atoms with Gasteiger partial charge in [-0.3, -0.25) is 4.79 Å². The molecule has 1 rings (SSSR count). The van der Waals surface area contributed by atoms with Gasteiger partial charge in [-0.1, -0.05) is 32.0 Å². The quantitative estimate of drug-likeness (QED) is 0.706. The van der Waals surface area contributed by atoms with Crippen LogP contribution in [-0.2, 0) is 22.2 Å². The Bertz CT molecular complexity index is 587. The summed E-state index contributed by atoms with van der Waals surface area (Å²) in [5.41, 5.74) is -1.19. The number of hydrogen-bond acceptors (Lipinski definition) is 3. The zero-order valence-corrected chi connectivity index (χ0v) is 13.3. The van der Waals surface area contributed by atoms with Crippen molar-refractivity contribution >= 4 is 11.9 Å². The molecule has 0 unspecified atom stereocenters. The predicted octanol–water partition coefficient (Wildman–Crippen LogP) is 2.22. The smallest absolute Gasteiger partial charge is 0.416 e. The van der Waals surface area contributed by atoms with Gasteiger partial charge in [-0.15, -0.1) is 0 Å². The van der Waals surface area contributed by atoms with Crippen LogP contribution in [-0.4, -0.2) is 34.2 Å². The molecule has 0 radical (unpaired) electrons. The first kappa shape index (κ1) is 20.0. The number of carboxylic acid groups (broad SMARTS) is 1. The number of alkyl halides is 3. The van der Waals surface area contributed by atoms with Crippen LogP contribution < -0.4 is 5.32 Å². The van der Waals surface area contributed by atoms with Gasteiger partial charge >= 0.3 is 12.1 Å². The number of aliphatic hydroxyl groups excluding tert-OH is 1. The molecule has 1 amide bonds. The summed E-state index contributed by atoms with van der Waals surface area (Å²) in [4.78, 5) is 23.1. The highest BCUT2D eigenvalue weighted by Gasteiger charge is 2.34. The largest absolute Gasteiger partial charge is 0.480 e. The van der Waals surface area contributed by atoms with Crippen molar-refractivity contribution in [2.45, 2.75) is 45.0 Å². The van der Waals surface area contributed by atoms with Crippen molar-refractivity contribution in [3.63, 3.8) is 0 Å². The van der Waals surface area contributed by atoms with Gasteiger partial charge in [-0.2, -0.15) is 13.2 Å². The van der Waals surface area contributed by atoms with Gasteiger partial charge in [0.15, 0.2) is 0 Å². The fourth-order valence-electron chi connectivity index (χ4n) is 2.22. The number of hydrogen-bond donors (Lipinski definition) is 3. The lowest BCUT2D eigenvalue weighted by Gasteiger charge is -2.20. The Hall–Kier alpha value is -2.09. The van der Waals surface area contributed by atoms with E-state index in [1.807, 2.05) is 0 Å². The van der Waals surface area contributed by atoms with Gasteiger partial charge in [-0.25, -0.2) is 4.79 Å². The normalized spacial score (nSPS) is 14.3. The van der Waals surface area contributed by atoms with Crippen molar-refractivity contribution in [1.29, 1.82) is 0 Å². The number of aliphatic carboxylic acids is 1. The molecule has 1 aromatic rings. The summed E-state index contributed by atoms with van der Waals surface area (Å²) < 4.78 is 38.9. The SMILES string of the molecule is CC(C)C[C@@H](O)C(=O)N[C@H](Cc1ccccc1C(F)(F)F)C(=O)O. The Kier molecular flexibility index (Phi) is 6.77. The van der Waals surface area contributed by atoms with E-state index >= 15 is 0 Å². The highest BCUT2D eigenvalue weighted by atomic mass is 19.4. The lowest BCUT2D eigenvalue weighted by molar-refractivity contribution is -0.144. The Morgan fingerprint density at radius 2 is 1.79 bits per heavy atom. The van der Waals surface area contributed by atoms with Gasteiger partial charge in [0.05, 0.1) is 5.56 Å². The third-order valence-electron chi connectivity index (χ3n) is 3.36. The van der Waals surface area contributed by atoms with Crippen LogP contribution in [0, 0.1) is 5.92 Å². The average molecular weight is 347 g/mol. The monoisotopic (exact) mass is 347 g/mol. The third kappa shape index (κ3) is 5.84. The van der Waals surface area contributed by atoms with E-state index < -0.39 is 42.2 Å². The summed E-state index contributed by atoms with van der Waals surface area (Å²) in [6.07, 6.45) is -6.45. The topological polar surface area (TPSA) is 86.6 Å². The van der Waals surface area contributed by atoms with E-state index in [2.05, 4.69) is 5.32 Å². The molecule has 0 aliphatic rings. The summed E-state index contributed by atoms with van der Waals surface area (Å²) in [6, 6.07) is 3.01. The van der Waals surface area contributed by atoms with E-state index in [4.69, 9.17) is 5.11 Å². The minimum atomic E-state index is -4.62. The number of benzene rings is 1. The van der Waals surface area contributed by atoms with Crippen molar-refractivity contribution in [2.24, 2.45) is 5.92 Å². The summed E-state index contributed by atoms with van der Waals surface area (Å²) in [5, 5.41) is 20.9. The van der Waals surface area contributed by atoms with Crippen LogP contribution in [0.25, 0.3) is 0 Å². The van der Waals surface area contributed by atoms with Gasteiger partial charge in [0.25, 0.3) is 0 Å². The van der Waals surface area contributed by atoms with E-state index in [1.165, 1.54) is 12.1 Å². The molecule has 2 atom stereocenters. The van der Waals surface area contributed by atoms with Crippen LogP contribution in [0.2, 0.25) is 0 Å². The second-order valence-corrected chi connectivity index (χ2v) is 5.90. The molecule has 0 saturated heterocycles. The fraction of sp³-hybridized carbons (Fsp3) is 0.500. The van der Waals surface area contributed by atoms with Gasteiger partial charge in [0.1, 0.15) is 12.1 Å². The number of carboxylic acids is 1. The van der Waals surface area contributed by atoms with Crippen LogP contribution in [0.4, 0.5) is 13.2 Å². The molecule has 24 heavy (non-hydrogen) atoms. The molecule has 0 heterocycles. The Morgan fingerprint density at radius 1 is 1.21 bits per heavy atom. The number of carbonyl (C=O) groups is 2. The third-order valence-corrected chi connectivity index (χ3v) is 3.36. The number of nitrogens with one attached hydrogen (secondary N) is 1. The maximum Gasteiger partial charge on any atom is 0.416 e. The number of aliphatic hydroxyl groups is 1. The summed E-state index contributed by atoms with van der Waals surface area (Å²) in [7, 11) is 0. The van der Waals surface area contributed by atoms with Crippen LogP contribution in [0.5, 0.6) is 0 Å². The van der Waals surface area contributed by atoms with Gasteiger partial charge < -0.3 is 15.5 Å². The van der Waals surface area contributed by atoms with Crippen molar-refractivity contribution < 1.29 is 33.0 Å². The van der Waals surface area contributed by atoms with Crippen molar-refractivity contribution in [3.05, 3.63) is 35.4 Å². The molecule has 0 bridgehead atoms. The van der Waals surface area contributed by atoms with Crippen LogP contribution in [0.1, 0.15) is 31.4 Å². The highest BCUT2D eigenvalue weighted by molar-refractivity contribution is 5.86. The lowest BCUT2D eigenvalue weighted by atomic mass is 9.99. The van der Waals surface area contributed by atoms with E-state index in [0.29, 0.717) is 0 Å². The Labute approximate surface area is 137 Å². The molecule has 134 valence electrons. The van der Waals surface area contributed by atoms with Crippen LogP contribution in [0.15, 0.2) is 24.3 Å². The Balaban J connectivity index is 2.93. The molecule has 0 aliphatic carbocycles. The van der Waals surface area contributed by atoms with Crippen molar-refractivity contribution in [2.75, 3.05) is 0 Å². The summed E-state index contributed by atoms with van der Waals surface area (Å²) in [6.45, 7) is 3.54. The molecule has 3 N–H and O–H groups in total. The zero-order chi connectivity index (χ0) is 18.5. The summed E-state index contributed by atoms with van der Waals surface area (Å²) in [5.74, 6) is -2.39. The molecule has 1 aromatic carbocycles. The Morgan fingerprint density at radius 3 is 2.29 bits per heavy atom. The van der Waals surface area contributed by atoms with E-state index in [1.54, 1.807) is 13.8 Å². The summed E-state index contributed by atoms with van der Waals surface area (Å²) >= 11 is 0.